The molecule has 0 heterocycles. The lowest BCUT2D eigenvalue weighted by atomic mass is 10.4. The number of amides is 2. The molecule has 0 saturated heterocycles. The van der Waals surface area contributed by atoms with Gasteiger partial charge in [0, 0.05) is 13.1 Å². The van der Waals surface area contributed by atoms with Gasteiger partial charge in [0.2, 0.25) is 19.2 Å². The second kappa shape index (κ2) is 10.5. The summed E-state index contributed by atoms with van der Waals surface area (Å²) < 4.78 is 12.3. The molecule has 0 atom stereocenters. The summed E-state index contributed by atoms with van der Waals surface area (Å²) in [6, 6.07) is 0. The van der Waals surface area contributed by atoms with Crippen molar-refractivity contribution in [1.29, 1.82) is 0 Å². The molecule has 0 spiro atoms. The molecule has 124 valence electrons. The second-order valence-electron chi connectivity index (χ2n) is 4.76. The summed E-state index contributed by atoms with van der Waals surface area (Å²) >= 11 is 7.82. The van der Waals surface area contributed by atoms with E-state index in [0.717, 1.165) is 0 Å². The van der Waals surface area contributed by atoms with Crippen LogP contribution in [0.25, 0.3) is 0 Å². The third-order valence-corrected chi connectivity index (χ3v) is 4.85. The Kier molecular flexibility index (Phi) is 10.5. The lowest BCUT2D eigenvalue weighted by Gasteiger charge is -2.28. The smallest absolute Gasteiger partial charge is 0.238 e. The van der Waals surface area contributed by atoms with Gasteiger partial charge in [-0.25, -0.2) is 0 Å². The number of carbonyl (C=O) groups is 2. The summed E-state index contributed by atoms with van der Waals surface area (Å²) in [4.78, 5) is 36.2. The van der Waals surface area contributed by atoms with Gasteiger partial charge >= 0.3 is 0 Å². The van der Waals surface area contributed by atoms with E-state index in [0.29, 0.717) is 25.9 Å². The van der Waals surface area contributed by atoms with Crippen molar-refractivity contribution in [3.8, 4) is 0 Å². The van der Waals surface area contributed by atoms with Crippen molar-refractivity contribution in [3.63, 3.8) is 0 Å². The largest absolute Gasteiger partial charge is 0.342 e. The third-order valence-electron chi connectivity index (χ3n) is 2.75. The molecule has 0 aliphatic rings. The average molecular weight is 356 g/mol. The van der Waals surface area contributed by atoms with Crippen LogP contribution in [0.15, 0.2) is 0 Å². The normalized spacial score (nSPS) is 11.3. The monoisotopic (exact) mass is 356 g/mol. The van der Waals surface area contributed by atoms with Gasteiger partial charge in [0.15, 0.2) is 0 Å². The Bertz CT molecular complexity index is 363. The third kappa shape index (κ3) is 8.14. The van der Waals surface area contributed by atoms with Crippen LogP contribution in [0.5, 0.6) is 0 Å². The maximum atomic E-state index is 12.3. The van der Waals surface area contributed by atoms with Crippen LogP contribution >= 0.6 is 32.6 Å². The molecular weight excluding hydrogens is 331 g/mol. The number of carbonyl (C=O) groups excluding carboxylic acids is 2. The summed E-state index contributed by atoms with van der Waals surface area (Å²) in [6.07, 6.45) is 0.877. The summed E-state index contributed by atoms with van der Waals surface area (Å²) in [7, 11) is -3.66. The molecule has 0 saturated carbocycles. The Balaban J connectivity index is 4.87. The molecule has 0 rings (SSSR count). The molecule has 1 N–H and O–H groups in total. The molecule has 0 aromatic heterocycles. The van der Waals surface area contributed by atoms with Gasteiger partial charge in [0.05, 0.1) is 24.1 Å². The molecule has 0 fully saturated rings. The number of nitrogens with zero attached hydrogens (tertiary/aromatic N) is 2. The van der Waals surface area contributed by atoms with E-state index < -0.39 is 7.37 Å². The Morgan fingerprint density at radius 2 is 1.29 bits per heavy atom. The van der Waals surface area contributed by atoms with E-state index in [4.69, 9.17) is 0 Å². The Labute approximate surface area is 137 Å². The molecular formula is C12H25N2O4PS2. The molecule has 21 heavy (non-hydrogen) atoms. The SMILES string of the molecule is CCCN(CP(=O)(O)CN(CCC)C(=O)CS)C(=O)CS. The lowest BCUT2D eigenvalue weighted by Crippen LogP contribution is -2.38. The summed E-state index contributed by atoms with van der Waals surface area (Å²) in [5, 5.41) is 0. The topological polar surface area (TPSA) is 77.9 Å². The number of hydrogen-bond donors (Lipinski definition) is 3. The quantitative estimate of drug-likeness (QED) is 0.410. The van der Waals surface area contributed by atoms with Crippen molar-refractivity contribution in [2.24, 2.45) is 0 Å². The fourth-order valence-corrected chi connectivity index (χ4v) is 4.02. The molecule has 0 aliphatic carbocycles. The van der Waals surface area contributed by atoms with Crippen molar-refractivity contribution in [1.82, 2.24) is 9.80 Å². The van der Waals surface area contributed by atoms with Gasteiger partial charge in [-0.3, -0.25) is 14.2 Å². The first-order valence-electron chi connectivity index (χ1n) is 6.89. The summed E-state index contributed by atoms with van der Waals surface area (Å²) in [5.74, 6) is -0.572. The highest BCUT2D eigenvalue weighted by Gasteiger charge is 2.28. The van der Waals surface area contributed by atoms with E-state index in [1.807, 2.05) is 13.8 Å². The van der Waals surface area contributed by atoms with Crippen LogP contribution in [0.4, 0.5) is 0 Å². The highest BCUT2D eigenvalue weighted by Crippen LogP contribution is 2.42. The average Bonchev–Trinajstić information content (AvgIpc) is 2.44. The maximum Gasteiger partial charge on any atom is 0.238 e. The predicted octanol–water partition coefficient (Wildman–Crippen LogP) is 1.51. The van der Waals surface area contributed by atoms with Crippen LogP contribution in [0, 0.1) is 0 Å². The minimum Gasteiger partial charge on any atom is -0.342 e. The molecule has 0 unspecified atom stereocenters. The van der Waals surface area contributed by atoms with Crippen LogP contribution in [0.3, 0.4) is 0 Å². The Morgan fingerprint density at radius 1 is 0.952 bits per heavy atom. The first kappa shape index (κ1) is 20.8. The standard InChI is InChI=1S/C12H25N2O4PS2/c1-3-5-13(11(15)7-20)9-19(17,18)10-14(6-4-2)12(16)8-21/h20-21H,3-10H2,1-2H3,(H,17,18). The minimum absolute atomic E-state index is 0.00571. The van der Waals surface area contributed by atoms with Crippen LogP contribution < -0.4 is 0 Å². The van der Waals surface area contributed by atoms with Crippen molar-refractivity contribution >= 4 is 44.4 Å². The second-order valence-corrected chi connectivity index (χ2v) is 7.65. The zero-order valence-corrected chi connectivity index (χ0v) is 15.2. The molecule has 9 heteroatoms. The lowest BCUT2D eigenvalue weighted by molar-refractivity contribution is -0.127. The van der Waals surface area contributed by atoms with E-state index in [-0.39, 0.29) is 35.9 Å². The first-order chi connectivity index (χ1) is 9.81. The van der Waals surface area contributed by atoms with E-state index in [9.17, 15) is 19.0 Å². The molecule has 0 aromatic carbocycles. The zero-order chi connectivity index (χ0) is 16.5. The van der Waals surface area contributed by atoms with Gasteiger partial charge in [0.25, 0.3) is 0 Å². The van der Waals surface area contributed by atoms with E-state index in [1.165, 1.54) is 9.80 Å². The molecule has 0 aliphatic heterocycles. The first-order valence-corrected chi connectivity index (χ1v) is 10.2. The van der Waals surface area contributed by atoms with Gasteiger partial charge in [-0.05, 0) is 12.8 Å². The number of thiol groups is 2. The van der Waals surface area contributed by atoms with Crippen LogP contribution in [-0.2, 0) is 14.2 Å². The maximum absolute atomic E-state index is 12.3. The predicted molar refractivity (Wildman–Crippen MR) is 91.3 cm³/mol. The van der Waals surface area contributed by atoms with Crippen LogP contribution in [-0.4, -0.2) is 63.7 Å². The molecule has 6 nitrogen and oxygen atoms in total. The highest BCUT2D eigenvalue weighted by atomic mass is 32.1. The van der Waals surface area contributed by atoms with Gasteiger partial charge in [0.1, 0.15) is 0 Å². The van der Waals surface area contributed by atoms with Gasteiger partial charge in [-0.1, -0.05) is 13.8 Å². The Hall–Kier alpha value is -0.170. The Morgan fingerprint density at radius 3 is 1.52 bits per heavy atom. The molecule has 0 aromatic rings. The van der Waals surface area contributed by atoms with Gasteiger partial charge in [-0.2, -0.15) is 25.3 Å². The number of rotatable bonds is 10. The molecule has 0 radical (unpaired) electrons. The number of hydrogen-bond acceptors (Lipinski definition) is 5. The minimum atomic E-state index is -3.66. The van der Waals surface area contributed by atoms with Gasteiger partial charge in [-0.15, -0.1) is 0 Å². The van der Waals surface area contributed by atoms with E-state index in [2.05, 4.69) is 25.3 Å². The summed E-state index contributed by atoms with van der Waals surface area (Å²) in [6.45, 7) is 4.57. The van der Waals surface area contributed by atoms with Crippen LogP contribution in [0.1, 0.15) is 26.7 Å². The van der Waals surface area contributed by atoms with Crippen molar-refractivity contribution < 1.29 is 19.0 Å². The van der Waals surface area contributed by atoms with E-state index in [1.54, 1.807) is 0 Å². The fraction of sp³-hybridized carbons (Fsp3) is 0.833. The summed E-state index contributed by atoms with van der Waals surface area (Å²) in [5.41, 5.74) is 0. The van der Waals surface area contributed by atoms with Crippen molar-refractivity contribution in [2.75, 3.05) is 37.2 Å². The van der Waals surface area contributed by atoms with Crippen molar-refractivity contribution in [2.45, 2.75) is 26.7 Å². The van der Waals surface area contributed by atoms with Crippen LogP contribution in [0.2, 0.25) is 0 Å². The van der Waals surface area contributed by atoms with Crippen molar-refractivity contribution in [3.05, 3.63) is 0 Å². The molecule has 2 amide bonds. The van der Waals surface area contributed by atoms with Gasteiger partial charge < -0.3 is 14.7 Å². The molecule has 0 bridgehead atoms. The highest BCUT2D eigenvalue weighted by molar-refractivity contribution is 7.81. The zero-order valence-electron chi connectivity index (χ0n) is 12.6. The fourth-order valence-electron chi connectivity index (χ4n) is 1.87. The van der Waals surface area contributed by atoms with E-state index >= 15 is 0 Å².